The molecule has 0 bridgehead atoms. The lowest BCUT2D eigenvalue weighted by Crippen LogP contribution is -2.30. The topological polar surface area (TPSA) is 50.9 Å². The molecule has 1 atom stereocenters. The number of hydrogen-bond acceptors (Lipinski definition) is 4. The molecule has 5 heteroatoms. The predicted octanol–water partition coefficient (Wildman–Crippen LogP) is 2.65. The van der Waals surface area contributed by atoms with E-state index in [9.17, 15) is 0 Å². The zero-order valence-electron chi connectivity index (χ0n) is 8.56. The minimum Gasteiger partial charge on any atom is -0.271 e. The lowest BCUT2D eigenvalue weighted by atomic mass is 10.1. The second-order valence-electron chi connectivity index (χ2n) is 3.40. The van der Waals surface area contributed by atoms with Gasteiger partial charge < -0.3 is 0 Å². The van der Waals surface area contributed by atoms with Crippen molar-refractivity contribution in [2.24, 2.45) is 5.84 Å². The minimum absolute atomic E-state index is 0.0618. The Kier molecular flexibility index (Phi) is 4.06. The van der Waals surface area contributed by atoms with Crippen molar-refractivity contribution >= 4 is 27.3 Å². The molecule has 0 aliphatic rings. The van der Waals surface area contributed by atoms with Gasteiger partial charge in [0.25, 0.3) is 0 Å². The van der Waals surface area contributed by atoms with Crippen molar-refractivity contribution in [1.82, 2.24) is 10.4 Å². The van der Waals surface area contributed by atoms with E-state index in [1.165, 1.54) is 4.88 Å². The van der Waals surface area contributed by atoms with E-state index in [1.807, 2.05) is 18.2 Å². The molecule has 0 saturated heterocycles. The van der Waals surface area contributed by atoms with E-state index >= 15 is 0 Å². The molecule has 0 aliphatic carbocycles. The van der Waals surface area contributed by atoms with Crippen LogP contribution in [0.3, 0.4) is 0 Å². The molecular weight excluding hydrogens is 286 g/mol. The molecule has 0 saturated carbocycles. The van der Waals surface area contributed by atoms with Gasteiger partial charge in [-0.05, 0) is 39.5 Å². The number of nitrogens with two attached hydrogens (primary N) is 1. The number of thiophene rings is 1. The number of rotatable bonds is 4. The molecular formula is C11H12BrN3S. The van der Waals surface area contributed by atoms with Gasteiger partial charge in [-0.1, -0.05) is 6.07 Å². The zero-order chi connectivity index (χ0) is 11.4. The zero-order valence-corrected chi connectivity index (χ0v) is 11.0. The van der Waals surface area contributed by atoms with Crippen LogP contribution in [0.1, 0.15) is 16.6 Å². The van der Waals surface area contributed by atoms with Crippen LogP contribution in [0.25, 0.3) is 0 Å². The molecule has 0 amide bonds. The molecule has 0 fully saturated rings. The van der Waals surface area contributed by atoms with Gasteiger partial charge in [-0.15, -0.1) is 11.3 Å². The van der Waals surface area contributed by atoms with Crippen molar-refractivity contribution < 1.29 is 0 Å². The number of pyridine rings is 1. The van der Waals surface area contributed by atoms with Gasteiger partial charge in [0.2, 0.25) is 0 Å². The highest BCUT2D eigenvalue weighted by atomic mass is 79.9. The SMILES string of the molecule is NNC(Cc1cccs1)c1ccc(Br)cn1. The highest BCUT2D eigenvalue weighted by Crippen LogP contribution is 2.20. The first-order valence-corrected chi connectivity index (χ1v) is 6.57. The van der Waals surface area contributed by atoms with Crippen LogP contribution >= 0.6 is 27.3 Å². The van der Waals surface area contributed by atoms with Crippen LogP contribution in [0.15, 0.2) is 40.3 Å². The van der Waals surface area contributed by atoms with E-state index in [1.54, 1.807) is 17.5 Å². The summed E-state index contributed by atoms with van der Waals surface area (Å²) in [7, 11) is 0. The van der Waals surface area contributed by atoms with Crippen LogP contribution in [0, 0.1) is 0 Å². The summed E-state index contributed by atoms with van der Waals surface area (Å²) in [6, 6.07) is 8.16. The third-order valence-corrected chi connectivity index (χ3v) is 3.66. The molecule has 16 heavy (non-hydrogen) atoms. The molecule has 2 heterocycles. The number of hydrogen-bond donors (Lipinski definition) is 2. The molecule has 3 nitrogen and oxygen atoms in total. The first-order chi connectivity index (χ1) is 7.79. The molecule has 3 N–H and O–H groups in total. The number of nitrogens with one attached hydrogen (secondary N) is 1. The van der Waals surface area contributed by atoms with Gasteiger partial charge in [0.1, 0.15) is 0 Å². The van der Waals surface area contributed by atoms with Crippen molar-refractivity contribution in [2.75, 3.05) is 0 Å². The number of nitrogens with zero attached hydrogens (tertiary/aromatic N) is 1. The second-order valence-corrected chi connectivity index (χ2v) is 5.35. The van der Waals surface area contributed by atoms with Gasteiger partial charge in [0.15, 0.2) is 0 Å². The van der Waals surface area contributed by atoms with Crippen molar-refractivity contribution in [2.45, 2.75) is 12.5 Å². The summed E-state index contributed by atoms with van der Waals surface area (Å²) >= 11 is 5.10. The maximum atomic E-state index is 5.56. The summed E-state index contributed by atoms with van der Waals surface area (Å²) in [5.41, 5.74) is 3.76. The Morgan fingerprint density at radius 1 is 1.44 bits per heavy atom. The first-order valence-electron chi connectivity index (χ1n) is 4.89. The molecule has 0 aromatic carbocycles. The van der Waals surface area contributed by atoms with Crippen LogP contribution in [0.2, 0.25) is 0 Å². The fraction of sp³-hybridized carbons (Fsp3) is 0.182. The third kappa shape index (κ3) is 2.89. The molecule has 84 valence electrons. The monoisotopic (exact) mass is 297 g/mol. The largest absolute Gasteiger partial charge is 0.271 e. The Morgan fingerprint density at radius 3 is 2.88 bits per heavy atom. The van der Waals surface area contributed by atoms with Crippen molar-refractivity contribution in [3.8, 4) is 0 Å². The maximum absolute atomic E-state index is 5.56. The summed E-state index contributed by atoms with van der Waals surface area (Å²) in [6.07, 6.45) is 2.65. The second kappa shape index (κ2) is 5.54. The number of aromatic nitrogens is 1. The lowest BCUT2D eigenvalue weighted by molar-refractivity contribution is 0.542. The van der Waals surface area contributed by atoms with Gasteiger partial charge in [-0.25, -0.2) is 0 Å². The van der Waals surface area contributed by atoms with Crippen LogP contribution in [-0.4, -0.2) is 4.98 Å². The smallest absolute Gasteiger partial charge is 0.0680 e. The Balaban J connectivity index is 2.13. The number of hydrazine groups is 1. The van der Waals surface area contributed by atoms with Gasteiger partial charge >= 0.3 is 0 Å². The van der Waals surface area contributed by atoms with E-state index in [-0.39, 0.29) is 6.04 Å². The van der Waals surface area contributed by atoms with Gasteiger partial charge in [-0.3, -0.25) is 16.3 Å². The van der Waals surface area contributed by atoms with Gasteiger partial charge in [0.05, 0.1) is 11.7 Å². The summed E-state index contributed by atoms with van der Waals surface area (Å²) in [5, 5.41) is 2.07. The van der Waals surface area contributed by atoms with Crippen LogP contribution in [0.4, 0.5) is 0 Å². The summed E-state index contributed by atoms with van der Waals surface area (Å²) < 4.78 is 0.975. The highest BCUT2D eigenvalue weighted by molar-refractivity contribution is 9.10. The standard InChI is InChI=1S/C11H12BrN3S/c12-8-3-4-10(14-7-8)11(15-13)6-9-2-1-5-16-9/h1-5,7,11,15H,6,13H2. The fourth-order valence-electron chi connectivity index (χ4n) is 1.47. The molecule has 1 unspecified atom stereocenters. The third-order valence-electron chi connectivity index (χ3n) is 2.29. The highest BCUT2D eigenvalue weighted by Gasteiger charge is 2.12. The lowest BCUT2D eigenvalue weighted by Gasteiger charge is -2.14. The Labute approximate surface area is 107 Å². The van der Waals surface area contributed by atoms with Gasteiger partial charge in [0, 0.05) is 22.0 Å². The summed E-state index contributed by atoms with van der Waals surface area (Å²) in [6.45, 7) is 0. The van der Waals surface area contributed by atoms with E-state index in [0.717, 1.165) is 16.6 Å². The Bertz CT molecular complexity index is 427. The van der Waals surface area contributed by atoms with Crippen LogP contribution < -0.4 is 11.3 Å². The first kappa shape index (κ1) is 11.7. The van der Waals surface area contributed by atoms with Crippen molar-refractivity contribution in [3.63, 3.8) is 0 Å². The molecule has 0 radical (unpaired) electrons. The maximum Gasteiger partial charge on any atom is 0.0680 e. The number of halogens is 1. The van der Waals surface area contributed by atoms with Crippen molar-refractivity contribution in [1.29, 1.82) is 0 Å². The fourth-order valence-corrected chi connectivity index (χ4v) is 2.46. The molecule has 0 aliphatic heterocycles. The van der Waals surface area contributed by atoms with Crippen molar-refractivity contribution in [3.05, 3.63) is 50.9 Å². The summed E-state index contributed by atoms with van der Waals surface area (Å²) in [4.78, 5) is 5.64. The van der Waals surface area contributed by atoms with Crippen LogP contribution in [0.5, 0.6) is 0 Å². The van der Waals surface area contributed by atoms with E-state index in [4.69, 9.17) is 5.84 Å². The average Bonchev–Trinajstić information content (AvgIpc) is 2.80. The van der Waals surface area contributed by atoms with Gasteiger partial charge in [-0.2, -0.15) is 0 Å². The average molecular weight is 298 g/mol. The molecule has 2 rings (SSSR count). The normalized spacial score (nSPS) is 12.6. The Morgan fingerprint density at radius 2 is 2.31 bits per heavy atom. The van der Waals surface area contributed by atoms with E-state index in [0.29, 0.717) is 0 Å². The van der Waals surface area contributed by atoms with E-state index < -0.39 is 0 Å². The minimum atomic E-state index is 0.0618. The van der Waals surface area contributed by atoms with E-state index in [2.05, 4.69) is 37.8 Å². The summed E-state index contributed by atoms with van der Waals surface area (Å²) in [5.74, 6) is 5.56. The Hall–Kier alpha value is -0.750. The molecule has 0 spiro atoms. The molecule has 2 aromatic heterocycles. The predicted molar refractivity (Wildman–Crippen MR) is 70.0 cm³/mol. The molecule has 2 aromatic rings. The quantitative estimate of drug-likeness (QED) is 0.674. The van der Waals surface area contributed by atoms with Crippen LogP contribution in [-0.2, 0) is 6.42 Å².